The Morgan fingerprint density at radius 3 is 2.94 bits per heavy atom. The molecule has 1 saturated heterocycles. The van der Waals surface area contributed by atoms with Crippen LogP contribution in [0.25, 0.3) is 10.9 Å². The molecule has 0 atom stereocenters. The molecule has 0 aromatic carbocycles. The Bertz CT molecular complexity index is 584. The summed E-state index contributed by atoms with van der Waals surface area (Å²) in [6, 6.07) is 1.74. The normalized spacial score (nSPS) is 16.4. The van der Waals surface area contributed by atoms with Crippen LogP contribution in [0.3, 0.4) is 0 Å². The van der Waals surface area contributed by atoms with Crippen LogP contribution in [-0.2, 0) is 4.74 Å². The van der Waals surface area contributed by atoms with Gasteiger partial charge in [-0.25, -0.2) is 9.97 Å². The van der Waals surface area contributed by atoms with E-state index in [4.69, 9.17) is 4.74 Å². The minimum Gasteiger partial charge on any atom is -0.378 e. The Morgan fingerprint density at radius 1 is 1.29 bits per heavy atom. The van der Waals surface area contributed by atoms with Gasteiger partial charge in [0.05, 0.1) is 25.1 Å². The predicted molar refractivity (Wildman–Crippen MR) is 63.2 cm³/mol. The summed E-state index contributed by atoms with van der Waals surface area (Å²) < 4.78 is 5.29. The summed E-state index contributed by atoms with van der Waals surface area (Å²) in [6.07, 6.45) is 3.09. The molecule has 17 heavy (non-hydrogen) atoms. The highest BCUT2D eigenvalue weighted by atomic mass is 16.5. The van der Waals surface area contributed by atoms with Crippen molar-refractivity contribution in [2.24, 2.45) is 0 Å². The molecular formula is C11H12N4O2. The fourth-order valence-corrected chi connectivity index (χ4v) is 2.01. The van der Waals surface area contributed by atoms with Gasteiger partial charge in [-0.2, -0.15) is 0 Å². The lowest BCUT2D eigenvalue weighted by Crippen LogP contribution is -2.37. The standard InChI is InChI=1S/C11H12N4O2/c16-11-9-8(13-7-14-11)1-2-12-10(9)15-3-5-17-6-4-15/h1-2,7H,3-6H2,(H,13,14,16). The van der Waals surface area contributed by atoms with Crippen molar-refractivity contribution in [2.75, 3.05) is 31.2 Å². The van der Waals surface area contributed by atoms with Gasteiger partial charge in [0.2, 0.25) is 0 Å². The smallest absolute Gasteiger partial charge is 0.262 e. The highest BCUT2D eigenvalue weighted by Gasteiger charge is 2.17. The van der Waals surface area contributed by atoms with Crippen LogP contribution in [0.15, 0.2) is 23.4 Å². The molecule has 0 bridgehead atoms. The molecule has 88 valence electrons. The Labute approximate surface area is 97.3 Å². The number of ether oxygens (including phenoxy) is 1. The molecule has 0 saturated carbocycles. The van der Waals surface area contributed by atoms with Crippen LogP contribution in [-0.4, -0.2) is 41.3 Å². The zero-order valence-corrected chi connectivity index (χ0v) is 9.22. The maximum absolute atomic E-state index is 11.8. The third-order valence-electron chi connectivity index (χ3n) is 2.85. The number of pyridine rings is 1. The van der Waals surface area contributed by atoms with Gasteiger partial charge in [0.25, 0.3) is 5.56 Å². The van der Waals surface area contributed by atoms with Gasteiger partial charge in [-0.15, -0.1) is 0 Å². The highest BCUT2D eigenvalue weighted by molar-refractivity contribution is 5.88. The van der Waals surface area contributed by atoms with Gasteiger partial charge in [-0.3, -0.25) is 4.79 Å². The number of nitrogens with zero attached hydrogens (tertiary/aromatic N) is 3. The van der Waals surface area contributed by atoms with Crippen LogP contribution in [0.1, 0.15) is 0 Å². The highest BCUT2D eigenvalue weighted by Crippen LogP contribution is 2.19. The van der Waals surface area contributed by atoms with Crippen molar-refractivity contribution in [3.63, 3.8) is 0 Å². The quantitative estimate of drug-likeness (QED) is 0.758. The number of aromatic amines is 1. The van der Waals surface area contributed by atoms with Gasteiger partial charge in [0.1, 0.15) is 11.2 Å². The number of H-pyrrole nitrogens is 1. The number of nitrogens with one attached hydrogen (secondary N) is 1. The summed E-state index contributed by atoms with van der Waals surface area (Å²) in [5.41, 5.74) is 0.523. The minimum absolute atomic E-state index is 0.149. The lowest BCUT2D eigenvalue weighted by atomic mass is 10.2. The van der Waals surface area contributed by atoms with E-state index >= 15 is 0 Å². The van der Waals surface area contributed by atoms with Gasteiger partial charge in [0, 0.05) is 19.3 Å². The minimum atomic E-state index is -0.149. The summed E-state index contributed by atoms with van der Waals surface area (Å²) in [5, 5.41) is 0.553. The summed E-state index contributed by atoms with van der Waals surface area (Å²) >= 11 is 0. The molecule has 6 nitrogen and oxygen atoms in total. The average molecular weight is 232 g/mol. The first-order chi connectivity index (χ1) is 8.36. The Hall–Kier alpha value is -1.95. The predicted octanol–water partition coefficient (Wildman–Crippen LogP) is 0.155. The van der Waals surface area contributed by atoms with Crippen molar-refractivity contribution < 1.29 is 4.74 Å². The van der Waals surface area contributed by atoms with Gasteiger partial charge >= 0.3 is 0 Å². The van der Waals surface area contributed by atoms with E-state index in [2.05, 4.69) is 19.9 Å². The van der Waals surface area contributed by atoms with Gasteiger partial charge in [-0.1, -0.05) is 0 Å². The van der Waals surface area contributed by atoms with Crippen molar-refractivity contribution in [1.82, 2.24) is 15.0 Å². The number of rotatable bonds is 1. The maximum Gasteiger partial charge on any atom is 0.262 e. The van der Waals surface area contributed by atoms with Crippen molar-refractivity contribution in [2.45, 2.75) is 0 Å². The second-order valence-corrected chi connectivity index (χ2v) is 3.86. The second kappa shape index (κ2) is 4.14. The van der Waals surface area contributed by atoms with E-state index in [1.807, 2.05) is 0 Å². The van der Waals surface area contributed by atoms with E-state index in [9.17, 15) is 4.79 Å². The maximum atomic E-state index is 11.8. The van der Waals surface area contributed by atoms with E-state index in [1.165, 1.54) is 6.33 Å². The molecule has 0 spiro atoms. The third kappa shape index (κ3) is 1.76. The van der Waals surface area contributed by atoms with E-state index in [0.29, 0.717) is 29.9 Å². The molecule has 3 heterocycles. The Balaban J connectivity index is 2.18. The first kappa shape index (κ1) is 10.2. The molecule has 3 rings (SSSR count). The first-order valence-electron chi connectivity index (χ1n) is 5.51. The second-order valence-electron chi connectivity index (χ2n) is 3.86. The van der Waals surface area contributed by atoms with Gasteiger partial charge < -0.3 is 14.6 Å². The number of hydrogen-bond acceptors (Lipinski definition) is 5. The molecular weight excluding hydrogens is 220 g/mol. The fraction of sp³-hybridized carbons (Fsp3) is 0.364. The summed E-state index contributed by atoms with van der Waals surface area (Å²) in [4.78, 5) is 24.9. The SMILES string of the molecule is O=c1[nH]cnc2ccnc(N3CCOCC3)c12. The number of fused-ring (bicyclic) bond motifs is 1. The average Bonchev–Trinajstić information content (AvgIpc) is 2.39. The van der Waals surface area contributed by atoms with Crippen LogP contribution in [0, 0.1) is 0 Å². The number of anilines is 1. The van der Waals surface area contributed by atoms with Gasteiger partial charge in [0.15, 0.2) is 0 Å². The third-order valence-corrected chi connectivity index (χ3v) is 2.85. The van der Waals surface area contributed by atoms with Crippen LogP contribution in [0.4, 0.5) is 5.82 Å². The molecule has 6 heteroatoms. The molecule has 1 N–H and O–H groups in total. The monoisotopic (exact) mass is 232 g/mol. The molecule has 0 amide bonds. The summed E-state index contributed by atoms with van der Waals surface area (Å²) in [6.45, 7) is 2.83. The summed E-state index contributed by atoms with van der Waals surface area (Å²) in [5.74, 6) is 0.695. The van der Waals surface area contributed by atoms with Crippen molar-refractivity contribution in [1.29, 1.82) is 0 Å². The zero-order chi connectivity index (χ0) is 11.7. The summed E-state index contributed by atoms with van der Waals surface area (Å²) in [7, 11) is 0. The zero-order valence-electron chi connectivity index (χ0n) is 9.22. The van der Waals surface area contributed by atoms with Gasteiger partial charge in [-0.05, 0) is 6.07 Å². The molecule has 0 aliphatic carbocycles. The van der Waals surface area contributed by atoms with Crippen LogP contribution in [0.5, 0.6) is 0 Å². The van der Waals surface area contributed by atoms with Crippen LogP contribution < -0.4 is 10.5 Å². The van der Waals surface area contributed by atoms with E-state index in [0.717, 1.165) is 13.1 Å². The molecule has 0 radical (unpaired) electrons. The first-order valence-corrected chi connectivity index (χ1v) is 5.51. The molecule has 1 fully saturated rings. The van der Waals surface area contributed by atoms with E-state index in [1.54, 1.807) is 12.3 Å². The molecule has 2 aromatic heterocycles. The number of morpholine rings is 1. The lowest BCUT2D eigenvalue weighted by molar-refractivity contribution is 0.122. The van der Waals surface area contributed by atoms with Crippen molar-refractivity contribution in [3.8, 4) is 0 Å². The molecule has 0 unspecified atom stereocenters. The topological polar surface area (TPSA) is 71.1 Å². The fourth-order valence-electron chi connectivity index (χ4n) is 2.01. The van der Waals surface area contributed by atoms with E-state index in [-0.39, 0.29) is 5.56 Å². The van der Waals surface area contributed by atoms with Crippen LogP contribution >= 0.6 is 0 Å². The van der Waals surface area contributed by atoms with Crippen LogP contribution in [0.2, 0.25) is 0 Å². The van der Waals surface area contributed by atoms with Crippen molar-refractivity contribution in [3.05, 3.63) is 28.9 Å². The molecule has 1 aliphatic rings. The lowest BCUT2D eigenvalue weighted by Gasteiger charge is -2.28. The number of aromatic nitrogens is 3. The Kier molecular flexibility index (Phi) is 2.49. The molecule has 2 aromatic rings. The molecule has 1 aliphatic heterocycles. The number of hydrogen-bond donors (Lipinski definition) is 1. The van der Waals surface area contributed by atoms with E-state index < -0.39 is 0 Å². The van der Waals surface area contributed by atoms with Crippen molar-refractivity contribution >= 4 is 16.7 Å². The Morgan fingerprint density at radius 2 is 2.12 bits per heavy atom. The largest absolute Gasteiger partial charge is 0.378 e.